The largest absolute Gasteiger partial charge is 0.488 e. The van der Waals surface area contributed by atoms with Gasteiger partial charge in [-0.3, -0.25) is 0 Å². The van der Waals surface area contributed by atoms with Crippen molar-refractivity contribution in [3.05, 3.63) is 64.2 Å². The Kier molecular flexibility index (Phi) is 5.40. The lowest BCUT2D eigenvalue weighted by atomic mass is 10.0. The number of benzene rings is 2. The monoisotopic (exact) mass is 283 g/mol. The van der Waals surface area contributed by atoms with Gasteiger partial charge in [0, 0.05) is 6.54 Å². The molecule has 2 rings (SSSR count). The first-order valence-electron chi connectivity index (χ1n) is 7.60. The van der Waals surface area contributed by atoms with Crippen LogP contribution in [-0.4, -0.2) is 6.54 Å². The molecule has 0 spiro atoms. The molecule has 21 heavy (non-hydrogen) atoms. The Hall–Kier alpha value is -1.80. The number of nitrogens with one attached hydrogen (secondary N) is 1. The fourth-order valence-electron chi connectivity index (χ4n) is 2.43. The Morgan fingerprint density at radius 1 is 0.905 bits per heavy atom. The maximum absolute atomic E-state index is 6.13. The van der Waals surface area contributed by atoms with Crippen LogP contribution < -0.4 is 10.1 Å². The first-order chi connectivity index (χ1) is 10.1. The van der Waals surface area contributed by atoms with Crippen molar-refractivity contribution in [3.63, 3.8) is 0 Å². The van der Waals surface area contributed by atoms with E-state index >= 15 is 0 Å². The highest BCUT2D eigenvalue weighted by molar-refractivity contribution is 5.44. The summed E-state index contributed by atoms with van der Waals surface area (Å²) in [6.07, 6.45) is 0. The van der Waals surface area contributed by atoms with Crippen molar-refractivity contribution < 1.29 is 4.74 Å². The minimum Gasteiger partial charge on any atom is -0.488 e. The van der Waals surface area contributed by atoms with Crippen molar-refractivity contribution in [2.45, 2.75) is 40.8 Å². The van der Waals surface area contributed by atoms with Crippen LogP contribution in [0, 0.1) is 20.8 Å². The maximum Gasteiger partial charge on any atom is 0.125 e. The Morgan fingerprint density at radius 2 is 1.57 bits per heavy atom. The van der Waals surface area contributed by atoms with Crippen LogP contribution in [0.5, 0.6) is 5.75 Å². The summed E-state index contributed by atoms with van der Waals surface area (Å²) < 4.78 is 6.13. The molecule has 0 saturated carbocycles. The van der Waals surface area contributed by atoms with E-state index in [0.717, 1.165) is 18.8 Å². The third-order valence-electron chi connectivity index (χ3n) is 3.93. The van der Waals surface area contributed by atoms with Gasteiger partial charge in [-0.25, -0.2) is 0 Å². The highest BCUT2D eigenvalue weighted by Gasteiger charge is 2.08. The number of aryl methyl sites for hydroxylation is 2. The van der Waals surface area contributed by atoms with E-state index in [9.17, 15) is 0 Å². The predicted octanol–water partition coefficient (Wildman–Crippen LogP) is 4.30. The van der Waals surface area contributed by atoms with Gasteiger partial charge in [-0.1, -0.05) is 43.3 Å². The van der Waals surface area contributed by atoms with Crippen LogP contribution in [0.15, 0.2) is 36.4 Å². The maximum atomic E-state index is 6.13. The molecule has 2 nitrogen and oxygen atoms in total. The lowest BCUT2D eigenvalue weighted by Crippen LogP contribution is -2.14. The van der Waals surface area contributed by atoms with Gasteiger partial charge >= 0.3 is 0 Å². The van der Waals surface area contributed by atoms with E-state index in [2.05, 4.69) is 69.4 Å². The quantitative estimate of drug-likeness (QED) is 0.853. The van der Waals surface area contributed by atoms with Gasteiger partial charge in [0.25, 0.3) is 0 Å². The van der Waals surface area contributed by atoms with Crippen molar-refractivity contribution in [2.24, 2.45) is 0 Å². The summed E-state index contributed by atoms with van der Waals surface area (Å²) in [4.78, 5) is 0. The van der Waals surface area contributed by atoms with E-state index in [1.165, 1.54) is 27.8 Å². The summed E-state index contributed by atoms with van der Waals surface area (Å²) in [6, 6.07) is 12.7. The van der Waals surface area contributed by atoms with Crippen LogP contribution in [0.1, 0.15) is 34.7 Å². The Labute approximate surface area is 128 Å². The van der Waals surface area contributed by atoms with Gasteiger partial charge in [0.1, 0.15) is 12.4 Å². The van der Waals surface area contributed by atoms with Crippen LogP contribution in [0.4, 0.5) is 0 Å². The van der Waals surface area contributed by atoms with Crippen LogP contribution in [0.2, 0.25) is 0 Å². The number of hydrogen-bond donors (Lipinski definition) is 1. The zero-order valence-electron chi connectivity index (χ0n) is 13.5. The molecule has 0 amide bonds. The van der Waals surface area contributed by atoms with E-state index in [1.54, 1.807) is 0 Å². The molecule has 0 unspecified atom stereocenters. The smallest absolute Gasteiger partial charge is 0.125 e. The lowest BCUT2D eigenvalue weighted by molar-refractivity contribution is 0.300. The van der Waals surface area contributed by atoms with Gasteiger partial charge in [0.15, 0.2) is 0 Å². The third kappa shape index (κ3) is 3.85. The minimum absolute atomic E-state index is 0.618. The average Bonchev–Trinajstić information content (AvgIpc) is 2.50. The van der Waals surface area contributed by atoms with Crippen LogP contribution in [0.25, 0.3) is 0 Å². The van der Waals surface area contributed by atoms with Gasteiger partial charge in [0.05, 0.1) is 0 Å². The molecule has 0 atom stereocenters. The molecule has 0 fully saturated rings. The van der Waals surface area contributed by atoms with Crippen molar-refractivity contribution in [3.8, 4) is 5.75 Å². The number of hydrogen-bond acceptors (Lipinski definition) is 2. The summed E-state index contributed by atoms with van der Waals surface area (Å²) in [5, 5.41) is 3.38. The first kappa shape index (κ1) is 15.6. The van der Waals surface area contributed by atoms with E-state index in [4.69, 9.17) is 4.74 Å². The normalized spacial score (nSPS) is 10.7. The molecule has 0 aliphatic rings. The number of ether oxygens (including phenoxy) is 1. The standard InChI is InChI=1S/C19H25NO/c1-5-20-12-17-8-6-7-9-18(17)13-21-19-15(3)11-10-14(2)16(19)4/h6-11,20H,5,12-13H2,1-4H3. The van der Waals surface area contributed by atoms with E-state index < -0.39 is 0 Å². The highest BCUT2D eigenvalue weighted by atomic mass is 16.5. The van der Waals surface area contributed by atoms with Gasteiger partial charge in [0.2, 0.25) is 0 Å². The fraction of sp³-hybridized carbons (Fsp3) is 0.368. The molecule has 0 bridgehead atoms. The molecule has 0 saturated heterocycles. The van der Waals surface area contributed by atoms with Crippen LogP contribution in [-0.2, 0) is 13.2 Å². The SMILES string of the molecule is CCNCc1ccccc1COc1c(C)ccc(C)c1C. The molecule has 0 aliphatic heterocycles. The molecule has 112 valence electrons. The van der Waals surface area contributed by atoms with Crippen LogP contribution >= 0.6 is 0 Å². The Balaban J connectivity index is 2.15. The Morgan fingerprint density at radius 3 is 2.29 bits per heavy atom. The van der Waals surface area contributed by atoms with E-state index in [-0.39, 0.29) is 0 Å². The zero-order valence-corrected chi connectivity index (χ0v) is 13.5. The minimum atomic E-state index is 0.618. The van der Waals surface area contributed by atoms with Crippen molar-refractivity contribution in [1.29, 1.82) is 0 Å². The fourth-order valence-corrected chi connectivity index (χ4v) is 2.43. The highest BCUT2D eigenvalue weighted by Crippen LogP contribution is 2.27. The lowest BCUT2D eigenvalue weighted by Gasteiger charge is -2.16. The van der Waals surface area contributed by atoms with Gasteiger partial charge < -0.3 is 10.1 Å². The van der Waals surface area contributed by atoms with Gasteiger partial charge in [-0.05, 0) is 55.1 Å². The average molecular weight is 283 g/mol. The summed E-state index contributed by atoms with van der Waals surface area (Å²) in [6.45, 7) is 11.0. The molecular formula is C19H25NO. The Bertz CT molecular complexity index is 605. The molecule has 2 aromatic rings. The predicted molar refractivity (Wildman–Crippen MR) is 88.8 cm³/mol. The molecular weight excluding hydrogens is 258 g/mol. The molecule has 1 N–H and O–H groups in total. The second-order valence-electron chi connectivity index (χ2n) is 5.49. The molecule has 0 aromatic heterocycles. The molecule has 0 heterocycles. The molecule has 0 radical (unpaired) electrons. The number of rotatable bonds is 6. The topological polar surface area (TPSA) is 21.3 Å². The van der Waals surface area contributed by atoms with Gasteiger partial charge in [-0.15, -0.1) is 0 Å². The van der Waals surface area contributed by atoms with Crippen molar-refractivity contribution in [2.75, 3.05) is 6.54 Å². The summed E-state index contributed by atoms with van der Waals surface area (Å²) >= 11 is 0. The second-order valence-corrected chi connectivity index (χ2v) is 5.49. The zero-order chi connectivity index (χ0) is 15.2. The molecule has 0 aliphatic carbocycles. The van der Waals surface area contributed by atoms with Gasteiger partial charge in [-0.2, -0.15) is 0 Å². The van der Waals surface area contributed by atoms with E-state index in [1.807, 2.05) is 0 Å². The summed E-state index contributed by atoms with van der Waals surface area (Å²) in [7, 11) is 0. The molecule has 2 heteroatoms. The first-order valence-corrected chi connectivity index (χ1v) is 7.60. The summed E-state index contributed by atoms with van der Waals surface area (Å²) in [5.41, 5.74) is 6.26. The molecule has 2 aromatic carbocycles. The van der Waals surface area contributed by atoms with Crippen molar-refractivity contribution >= 4 is 0 Å². The summed E-state index contributed by atoms with van der Waals surface area (Å²) in [5.74, 6) is 1.02. The van der Waals surface area contributed by atoms with Crippen molar-refractivity contribution in [1.82, 2.24) is 5.32 Å². The second kappa shape index (κ2) is 7.28. The van der Waals surface area contributed by atoms with Crippen LogP contribution in [0.3, 0.4) is 0 Å². The van der Waals surface area contributed by atoms with E-state index in [0.29, 0.717) is 6.61 Å². The third-order valence-corrected chi connectivity index (χ3v) is 3.93.